The molecule has 0 atom stereocenters. The number of nitrogens with zero attached hydrogens (tertiary/aromatic N) is 2. The molecule has 0 saturated carbocycles. The third-order valence-electron chi connectivity index (χ3n) is 3.16. The van der Waals surface area contributed by atoms with Crippen LogP contribution in [0.1, 0.15) is 11.1 Å². The molecule has 0 aliphatic heterocycles. The van der Waals surface area contributed by atoms with Crippen LogP contribution in [-0.4, -0.2) is 24.4 Å². The monoisotopic (exact) mass is 375 g/mol. The number of amides is 1. The molecule has 0 aromatic heterocycles. The number of rotatable bonds is 5. The van der Waals surface area contributed by atoms with Crippen molar-refractivity contribution >= 4 is 27.5 Å². The summed E-state index contributed by atoms with van der Waals surface area (Å²) in [5.41, 5.74) is 1.68. The van der Waals surface area contributed by atoms with Gasteiger partial charge in [0.25, 0.3) is 0 Å². The van der Waals surface area contributed by atoms with Crippen LogP contribution in [0.3, 0.4) is 0 Å². The lowest BCUT2D eigenvalue weighted by molar-refractivity contribution is -0.117. The molecule has 6 heteroatoms. The Kier molecular flexibility index (Phi) is 5.85. The molecule has 0 saturated heterocycles. The number of hydrogen-bond donors (Lipinski definition) is 1. The smallest absolute Gasteiger partial charge is 0.238 e. The molecule has 0 aliphatic carbocycles. The van der Waals surface area contributed by atoms with Crippen molar-refractivity contribution in [2.24, 2.45) is 0 Å². The second-order valence-corrected chi connectivity index (χ2v) is 6.06. The lowest BCUT2D eigenvalue weighted by atomic mass is 10.2. The number of nitrogens with one attached hydrogen (secondary N) is 1. The molecule has 1 amide bonds. The number of hydrogen-bond acceptors (Lipinski definition) is 3. The first-order chi connectivity index (χ1) is 11.0. The van der Waals surface area contributed by atoms with Gasteiger partial charge in [0.1, 0.15) is 5.82 Å². The van der Waals surface area contributed by atoms with E-state index in [1.165, 1.54) is 6.07 Å². The number of likely N-dealkylation sites (N-methyl/N-ethyl adjacent to an activating group) is 1. The molecule has 1 N–H and O–H groups in total. The molecule has 118 valence electrons. The average molecular weight is 376 g/mol. The van der Waals surface area contributed by atoms with Gasteiger partial charge in [-0.1, -0.05) is 15.9 Å². The third-order valence-corrected chi connectivity index (χ3v) is 3.65. The van der Waals surface area contributed by atoms with Crippen LogP contribution in [0.4, 0.5) is 10.1 Å². The fourth-order valence-corrected chi connectivity index (χ4v) is 2.49. The topological polar surface area (TPSA) is 56.1 Å². The van der Waals surface area contributed by atoms with Crippen molar-refractivity contribution in [2.75, 3.05) is 18.9 Å². The Morgan fingerprint density at radius 1 is 1.30 bits per heavy atom. The van der Waals surface area contributed by atoms with Gasteiger partial charge in [-0.05, 0) is 49.5 Å². The number of carbonyl (C=O) groups excluding carboxylic acids is 1. The number of anilines is 1. The van der Waals surface area contributed by atoms with Crippen molar-refractivity contribution in [1.29, 1.82) is 5.26 Å². The highest BCUT2D eigenvalue weighted by molar-refractivity contribution is 9.10. The lowest BCUT2D eigenvalue weighted by Gasteiger charge is -2.17. The first kappa shape index (κ1) is 17.1. The summed E-state index contributed by atoms with van der Waals surface area (Å²) >= 11 is 3.31. The Morgan fingerprint density at radius 2 is 2.00 bits per heavy atom. The Labute approximate surface area is 142 Å². The molecule has 4 nitrogen and oxygen atoms in total. The molecule has 0 radical (unpaired) electrons. The highest BCUT2D eigenvalue weighted by Crippen LogP contribution is 2.17. The minimum Gasteiger partial charge on any atom is -0.325 e. The SMILES string of the molecule is CN(CC(=O)Nc1ccc(C#N)cc1)Cc1cc(Br)ccc1F. The zero-order valence-corrected chi connectivity index (χ0v) is 14.1. The van der Waals surface area contributed by atoms with E-state index in [2.05, 4.69) is 21.2 Å². The molecular formula is C17H15BrFN3O. The standard InChI is InChI=1S/C17H15BrFN3O/c1-22(10-13-8-14(18)4-7-16(13)19)11-17(23)21-15-5-2-12(9-20)3-6-15/h2-8H,10-11H2,1H3,(H,21,23). The maximum Gasteiger partial charge on any atom is 0.238 e. The Morgan fingerprint density at radius 3 is 2.65 bits per heavy atom. The second kappa shape index (κ2) is 7.86. The molecule has 0 aliphatic rings. The van der Waals surface area contributed by atoms with Crippen LogP contribution < -0.4 is 5.32 Å². The third kappa shape index (κ3) is 5.16. The van der Waals surface area contributed by atoms with E-state index >= 15 is 0 Å². The molecule has 2 rings (SSSR count). The summed E-state index contributed by atoms with van der Waals surface area (Å²) in [7, 11) is 1.75. The first-order valence-corrected chi connectivity index (χ1v) is 7.69. The maximum atomic E-state index is 13.7. The summed E-state index contributed by atoms with van der Waals surface area (Å²) in [6.07, 6.45) is 0. The van der Waals surface area contributed by atoms with E-state index < -0.39 is 0 Å². The number of carbonyl (C=O) groups is 1. The van der Waals surface area contributed by atoms with Crippen molar-refractivity contribution in [3.8, 4) is 6.07 Å². The summed E-state index contributed by atoms with van der Waals surface area (Å²) < 4.78 is 14.5. The maximum absolute atomic E-state index is 13.7. The Hall–Kier alpha value is -2.23. The number of nitriles is 1. The first-order valence-electron chi connectivity index (χ1n) is 6.90. The van der Waals surface area contributed by atoms with Gasteiger partial charge in [0.15, 0.2) is 0 Å². The van der Waals surface area contributed by atoms with Crippen molar-refractivity contribution in [2.45, 2.75) is 6.54 Å². The van der Waals surface area contributed by atoms with E-state index in [-0.39, 0.29) is 18.3 Å². The molecule has 0 fully saturated rings. The van der Waals surface area contributed by atoms with E-state index in [9.17, 15) is 9.18 Å². The van der Waals surface area contributed by atoms with E-state index in [1.807, 2.05) is 6.07 Å². The van der Waals surface area contributed by atoms with Gasteiger partial charge in [-0.15, -0.1) is 0 Å². The Balaban J connectivity index is 1.91. The van der Waals surface area contributed by atoms with Gasteiger partial charge in [-0.25, -0.2) is 4.39 Å². The van der Waals surface area contributed by atoms with Crippen molar-refractivity contribution in [3.63, 3.8) is 0 Å². The summed E-state index contributed by atoms with van der Waals surface area (Å²) in [6, 6.07) is 13.4. The fourth-order valence-electron chi connectivity index (χ4n) is 2.08. The van der Waals surface area contributed by atoms with Gasteiger partial charge in [-0.3, -0.25) is 9.69 Å². The summed E-state index contributed by atoms with van der Waals surface area (Å²) in [4.78, 5) is 13.7. The zero-order chi connectivity index (χ0) is 16.8. The zero-order valence-electron chi connectivity index (χ0n) is 12.5. The largest absolute Gasteiger partial charge is 0.325 e. The van der Waals surface area contributed by atoms with E-state index in [4.69, 9.17) is 5.26 Å². The predicted molar refractivity (Wildman–Crippen MR) is 90.2 cm³/mol. The van der Waals surface area contributed by atoms with Gasteiger partial charge < -0.3 is 5.32 Å². The van der Waals surface area contributed by atoms with Crippen molar-refractivity contribution < 1.29 is 9.18 Å². The molecule has 2 aromatic carbocycles. The van der Waals surface area contributed by atoms with Crippen LogP contribution in [0.2, 0.25) is 0 Å². The number of benzene rings is 2. The van der Waals surface area contributed by atoms with Crippen LogP contribution in [-0.2, 0) is 11.3 Å². The molecular weight excluding hydrogens is 361 g/mol. The van der Waals surface area contributed by atoms with Crippen molar-refractivity contribution in [3.05, 3.63) is 63.9 Å². The minimum absolute atomic E-state index is 0.131. The summed E-state index contributed by atoms with van der Waals surface area (Å²) in [6.45, 7) is 0.456. The number of halogens is 2. The lowest BCUT2D eigenvalue weighted by Crippen LogP contribution is -2.30. The molecule has 23 heavy (non-hydrogen) atoms. The Bertz CT molecular complexity index is 740. The highest BCUT2D eigenvalue weighted by Gasteiger charge is 2.10. The van der Waals surface area contributed by atoms with E-state index in [0.717, 1.165) is 4.47 Å². The quantitative estimate of drug-likeness (QED) is 0.869. The summed E-state index contributed by atoms with van der Waals surface area (Å²) in [5.74, 6) is -0.500. The van der Waals surface area contributed by atoms with Gasteiger partial charge in [-0.2, -0.15) is 5.26 Å². The van der Waals surface area contributed by atoms with Gasteiger partial charge in [0.05, 0.1) is 18.2 Å². The summed E-state index contributed by atoms with van der Waals surface area (Å²) in [5, 5.41) is 11.5. The highest BCUT2D eigenvalue weighted by atomic mass is 79.9. The minimum atomic E-state index is -0.299. The van der Waals surface area contributed by atoms with Crippen LogP contribution in [0, 0.1) is 17.1 Å². The van der Waals surface area contributed by atoms with E-state index in [0.29, 0.717) is 23.4 Å². The molecule has 0 bridgehead atoms. The van der Waals surface area contributed by atoms with Crippen molar-refractivity contribution in [1.82, 2.24) is 4.90 Å². The molecule has 2 aromatic rings. The van der Waals surface area contributed by atoms with Gasteiger partial charge in [0.2, 0.25) is 5.91 Å². The van der Waals surface area contributed by atoms with Crippen LogP contribution in [0.15, 0.2) is 46.9 Å². The molecule has 0 spiro atoms. The normalized spacial score (nSPS) is 10.4. The van der Waals surface area contributed by atoms with Crippen LogP contribution in [0.25, 0.3) is 0 Å². The van der Waals surface area contributed by atoms with Crippen LogP contribution >= 0.6 is 15.9 Å². The second-order valence-electron chi connectivity index (χ2n) is 5.15. The van der Waals surface area contributed by atoms with Gasteiger partial charge in [0, 0.05) is 22.3 Å². The molecule has 0 unspecified atom stereocenters. The fraction of sp³-hybridized carbons (Fsp3) is 0.176. The predicted octanol–water partition coefficient (Wildman–Crippen LogP) is 3.53. The van der Waals surface area contributed by atoms with Gasteiger partial charge >= 0.3 is 0 Å². The molecule has 0 heterocycles. The van der Waals surface area contributed by atoms with E-state index in [1.54, 1.807) is 48.3 Å². The van der Waals surface area contributed by atoms with Crippen LogP contribution in [0.5, 0.6) is 0 Å². The average Bonchev–Trinajstić information content (AvgIpc) is 2.51.